The van der Waals surface area contributed by atoms with E-state index >= 15 is 0 Å². The average molecular weight is 344 g/mol. The van der Waals surface area contributed by atoms with Gasteiger partial charge >= 0.3 is 0 Å². The summed E-state index contributed by atoms with van der Waals surface area (Å²) < 4.78 is 11.1. The minimum atomic E-state index is -0.139. The fraction of sp³-hybridized carbons (Fsp3) is 0.412. The fourth-order valence-corrected chi connectivity index (χ4v) is 2.77. The highest BCUT2D eigenvalue weighted by Gasteiger charge is 2.24. The first-order valence-electron chi connectivity index (χ1n) is 7.79. The molecule has 0 saturated heterocycles. The van der Waals surface area contributed by atoms with E-state index in [0.717, 1.165) is 5.56 Å². The zero-order chi connectivity index (χ0) is 17.2. The summed E-state index contributed by atoms with van der Waals surface area (Å²) in [6.45, 7) is 8.12. The molecule has 0 aliphatic rings. The highest BCUT2D eigenvalue weighted by Crippen LogP contribution is 2.34. The predicted octanol–water partition coefficient (Wildman–Crippen LogP) is 4.19. The Hall–Kier alpha value is -2.15. The van der Waals surface area contributed by atoms with Gasteiger partial charge in [0.15, 0.2) is 5.82 Å². The molecule has 1 unspecified atom stereocenters. The van der Waals surface area contributed by atoms with E-state index in [1.54, 1.807) is 0 Å². The Morgan fingerprint density at radius 1 is 1.12 bits per heavy atom. The molecule has 0 fully saturated rings. The molecule has 0 aliphatic heterocycles. The minimum Gasteiger partial charge on any atom is -0.416 e. The third-order valence-electron chi connectivity index (χ3n) is 3.38. The molecule has 24 heavy (non-hydrogen) atoms. The van der Waals surface area contributed by atoms with Crippen molar-refractivity contribution in [1.29, 1.82) is 0 Å². The van der Waals surface area contributed by atoms with Gasteiger partial charge in [0.25, 0.3) is 5.22 Å². The molecule has 1 atom stereocenters. The van der Waals surface area contributed by atoms with E-state index in [-0.39, 0.29) is 10.7 Å². The SMILES string of the molecule is CC(Sc1nnc(Cc2ccccc2)o1)c1nc(C(C)(C)C)no1. The highest BCUT2D eigenvalue weighted by molar-refractivity contribution is 7.99. The van der Waals surface area contributed by atoms with Gasteiger partial charge in [-0.15, -0.1) is 10.2 Å². The van der Waals surface area contributed by atoms with Crippen LogP contribution >= 0.6 is 11.8 Å². The summed E-state index contributed by atoms with van der Waals surface area (Å²) in [5.41, 5.74) is 0.997. The fourth-order valence-electron chi connectivity index (χ4n) is 2.03. The van der Waals surface area contributed by atoms with Crippen LogP contribution in [0.1, 0.15) is 56.1 Å². The molecule has 0 aliphatic carbocycles. The largest absolute Gasteiger partial charge is 0.416 e. The van der Waals surface area contributed by atoms with Crippen LogP contribution in [0.5, 0.6) is 0 Å². The van der Waals surface area contributed by atoms with Crippen LogP contribution in [0, 0.1) is 0 Å². The summed E-state index contributed by atoms with van der Waals surface area (Å²) >= 11 is 1.42. The summed E-state index contributed by atoms with van der Waals surface area (Å²) in [6, 6.07) is 10.0. The van der Waals surface area contributed by atoms with E-state index in [9.17, 15) is 0 Å². The third-order valence-corrected chi connectivity index (χ3v) is 4.31. The van der Waals surface area contributed by atoms with Crippen LogP contribution in [0.3, 0.4) is 0 Å². The molecule has 0 saturated carbocycles. The molecule has 0 N–H and O–H groups in total. The quantitative estimate of drug-likeness (QED) is 0.642. The molecule has 3 rings (SSSR count). The van der Waals surface area contributed by atoms with E-state index in [2.05, 4.69) is 20.3 Å². The first-order chi connectivity index (χ1) is 11.4. The second-order valence-corrected chi connectivity index (χ2v) is 7.88. The normalized spacial score (nSPS) is 13.2. The minimum absolute atomic E-state index is 0.0568. The van der Waals surface area contributed by atoms with E-state index < -0.39 is 0 Å². The third kappa shape index (κ3) is 4.03. The van der Waals surface area contributed by atoms with Crippen molar-refractivity contribution in [3.63, 3.8) is 0 Å². The summed E-state index contributed by atoms with van der Waals surface area (Å²) in [4.78, 5) is 4.46. The Labute approximate surface area is 145 Å². The lowest BCUT2D eigenvalue weighted by molar-refractivity contribution is 0.363. The maximum absolute atomic E-state index is 5.70. The van der Waals surface area contributed by atoms with Crippen molar-refractivity contribution in [2.45, 2.75) is 50.0 Å². The van der Waals surface area contributed by atoms with Gasteiger partial charge in [0, 0.05) is 5.41 Å². The lowest BCUT2D eigenvalue weighted by Crippen LogP contribution is -2.13. The topological polar surface area (TPSA) is 77.8 Å². The summed E-state index contributed by atoms with van der Waals surface area (Å²) in [6.07, 6.45) is 0.623. The molecular formula is C17H20N4O2S. The van der Waals surface area contributed by atoms with E-state index in [1.165, 1.54) is 11.8 Å². The molecule has 0 spiro atoms. The van der Waals surface area contributed by atoms with Crippen molar-refractivity contribution >= 4 is 11.8 Å². The summed E-state index contributed by atoms with van der Waals surface area (Å²) in [7, 11) is 0. The van der Waals surface area contributed by atoms with Gasteiger partial charge in [0.2, 0.25) is 11.8 Å². The van der Waals surface area contributed by atoms with Crippen molar-refractivity contribution in [3.05, 3.63) is 53.5 Å². The smallest absolute Gasteiger partial charge is 0.277 e. The number of benzene rings is 1. The summed E-state index contributed by atoms with van der Waals surface area (Å²) in [5.74, 6) is 1.85. The second-order valence-electron chi connectivity index (χ2n) is 6.59. The van der Waals surface area contributed by atoms with Gasteiger partial charge in [-0.3, -0.25) is 0 Å². The number of aromatic nitrogens is 4. The van der Waals surface area contributed by atoms with Crippen LogP contribution in [0.15, 0.2) is 44.5 Å². The Morgan fingerprint density at radius 3 is 2.54 bits per heavy atom. The molecule has 2 aromatic heterocycles. The number of thioether (sulfide) groups is 1. The molecule has 3 aromatic rings. The highest BCUT2D eigenvalue weighted by atomic mass is 32.2. The van der Waals surface area contributed by atoms with Crippen molar-refractivity contribution in [2.24, 2.45) is 0 Å². The maximum Gasteiger partial charge on any atom is 0.277 e. The van der Waals surface area contributed by atoms with Gasteiger partial charge in [-0.1, -0.05) is 68.0 Å². The van der Waals surface area contributed by atoms with E-state index in [0.29, 0.717) is 29.2 Å². The van der Waals surface area contributed by atoms with Crippen LogP contribution in [0.25, 0.3) is 0 Å². The molecule has 2 heterocycles. The van der Waals surface area contributed by atoms with Crippen LogP contribution < -0.4 is 0 Å². The first kappa shape index (κ1) is 16.7. The van der Waals surface area contributed by atoms with Crippen LogP contribution in [0.4, 0.5) is 0 Å². The standard InChI is InChI=1S/C17H20N4O2S/c1-11(14-18-15(21-23-14)17(2,3)4)24-16-20-19-13(22-16)10-12-8-6-5-7-9-12/h5-9,11H,10H2,1-4H3. The monoisotopic (exact) mass is 344 g/mol. The Bertz CT molecular complexity index is 792. The molecule has 6 nitrogen and oxygen atoms in total. The van der Waals surface area contributed by atoms with Gasteiger partial charge < -0.3 is 8.94 Å². The number of hydrogen-bond donors (Lipinski definition) is 0. The Kier molecular flexibility index (Phi) is 4.71. The van der Waals surface area contributed by atoms with Crippen LogP contribution in [-0.2, 0) is 11.8 Å². The van der Waals surface area contributed by atoms with Gasteiger partial charge in [-0.05, 0) is 12.5 Å². The van der Waals surface area contributed by atoms with Crippen molar-refractivity contribution in [2.75, 3.05) is 0 Å². The Balaban J connectivity index is 1.65. The molecule has 0 amide bonds. The van der Waals surface area contributed by atoms with Gasteiger partial charge in [-0.25, -0.2) is 0 Å². The zero-order valence-electron chi connectivity index (χ0n) is 14.2. The van der Waals surface area contributed by atoms with Crippen LogP contribution in [0.2, 0.25) is 0 Å². The number of hydrogen-bond acceptors (Lipinski definition) is 7. The van der Waals surface area contributed by atoms with Crippen molar-refractivity contribution in [1.82, 2.24) is 20.3 Å². The van der Waals surface area contributed by atoms with Gasteiger partial charge in [-0.2, -0.15) is 4.98 Å². The molecular weight excluding hydrogens is 324 g/mol. The predicted molar refractivity (Wildman–Crippen MR) is 90.8 cm³/mol. The zero-order valence-corrected chi connectivity index (χ0v) is 15.0. The molecule has 1 aromatic carbocycles. The molecule has 7 heteroatoms. The second kappa shape index (κ2) is 6.76. The van der Waals surface area contributed by atoms with Crippen molar-refractivity contribution in [3.8, 4) is 0 Å². The molecule has 126 valence electrons. The first-order valence-corrected chi connectivity index (χ1v) is 8.67. The van der Waals surface area contributed by atoms with Crippen LogP contribution in [-0.4, -0.2) is 20.3 Å². The number of rotatable bonds is 5. The maximum atomic E-state index is 5.70. The average Bonchev–Trinajstić information content (AvgIpc) is 3.17. The van der Waals surface area contributed by atoms with E-state index in [4.69, 9.17) is 8.94 Å². The lowest BCUT2D eigenvalue weighted by Gasteiger charge is -2.11. The van der Waals surface area contributed by atoms with Gasteiger partial charge in [0.1, 0.15) is 0 Å². The number of nitrogens with zero attached hydrogens (tertiary/aromatic N) is 4. The van der Waals surface area contributed by atoms with Crippen molar-refractivity contribution < 1.29 is 8.94 Å². The molecule has 0 radical (unpaired) electrons. The summed E-state index contributed by atoms with van der Waals surface area (Å²) in [5, 5.41) is 12.7. The lowest BCUT2D eigenvalue weighted by atomic mass is 9.96. The van der Waals surface area contributed by atoms with Gasteiger partial charge in [0.05, 0.1) is 11.7 Å². The molecule has 0 bridgehead atoms. The Morgan fingerprint density at radius 2 is 1.88 bits per heavy atom. The van der Waals surface area contributed by atoms with E-state index in [1.807, 2.05) is 58.0 Å².